The average molecular weight is 567 g/mol. The molecule has 8 heteroatoms. The van der Waals surface area contributed by atoms with Crippen molar-refractivity contribution >= 4 is 17.7 Å². The zero-order valence-corrected chi connectivity index (χ0v) is 25.4. The lowest BCUT2D eigenvalue weighted by atomic mass is 9.77. The van der Waals surface area contributed by atoms with Gasteiger partial charge in [-0.1, -0.05) is 50.8 Å². The third kappa shape index (κ3) is 5.92. The number of amides is 3. The van der Waals surface area contributed by atoms with E-state index in [1.807, 2.05) is 41.8 Å². The lowest BCUT2D eigenvalue weighted by Crippen LogP contribution is -2.75. The van der Waals surface area contributed by atoms with E-state index < -0.39 is 17.7 Å². The molecule has 1 aromatic carbocycles. The van der Waals surface area contributed by atoms with Crippen molar-refractivity contribution in [1.29, 1.82) is 0 Å². The Balaban J connectivity index is 1.22. The van der Waals surface area contributed by atoms with Crippen LogP contribution >= 0.6 is 0 Å². The Kier molecular flexibility index (Phi) is 9.39. The maximum atomic E-state index is 13.9. The van der Waals surface area contributed by atoms with Gasteiger partial charge in [-0.05, 0) is 75.8 Å². The molecule has 4 fully saturated rings. The molecule has 1 aromatic rings. The van der Waals surface area contributed by atoms with Crippen molar-refractivity contribution in [2.45, 2.75) is 115 Å². The molecule has 1 spiro atoms. The van der Waals surface area contributed by atoms with Crippen LogP contribution in [0.5, 0.6) is 0 Å². The zero-order chi connectivity index (χ0) is 29.1. The van der Waals surface area contributed by atoms with E-state index in [-0.39, 0.29) is 23.6 Å². The quantitative estimate of drug-likeness (QED) is 0.524. The van der Waals surface area contributed by atoms with Crippen LogP contribution in [-0.4, -0.2) is 94.0 Å². The monoisotopic (exact) mass is 566 g/mol. The van der Waals surface area contributed by atoms with Crippen molar-refractivity contribution < 1.29 is 19.5 Å². The topological polar surface area (TPSA) is 93.2 Å². The van der Waals surface area contributed by atoms with Gasteiger partial charge in [0.1, 0.15) is 11.6 Å². The number of nitrogens with one attached hydrogen (secondary N) is 1. The molecule has 3 saturated heterocycles. The number of benzene rings is 1. The summed E-state index contributed by atoms with van der Waals surface area (Å²) in [5.41, 5.74) is 2.06. The van der Waals surface area contributed by atoms with Gasteiger partial charge in [0.25, 0.3) is 5.91 Å². The van der Waals surface area contributed by atoms with Gasteiger partial charge in [-0.25, -0.2) is 0 Å². The van der Waals surface area contributed by atoms with Crippen LogP contribution in [0.1, 0.15) is 99.0 Å². The van der Waals surface area contributed by atoms with Crippen molar-refractivity contribution in [1.82, 2.24) is 20.0 Å². The summed E-state index contributed by atoms with van der Waals surface area (Å²) in [6.07, 6.45) is 9.23. The van der Waals surface area contributed by atoms with Gasteiger partial charge in [0.05, 0.1) is 6.10 Å². The van der Waals surface area contributed by atoms with E-state index in [1.54, 1.807) is 0 Å². The minimum absolute atomic E-state index is 0.0781. The van der Waals surface area contributed by atoms with E-state index in [0.717, 1.165) is 94.2 Å². The molecule has 8 nitrogen and oxygen atoms in total. The fraction of sp³-hybridized carbons (Fsp3) is 0.727. The van der Waals surface area contributed by atoms with Gasteiger partial charge < -0.3 is 25.1 Å². The molecule has 226 valence electrons. The number of aryl methyl sites for hydroxylation is 2. The first kappa shape index (κ1) is 30.0. The summed E-state index contributed by atoms with van der Waals surface area (Å²) in [7, 11) is 0. The molecular weight excluding hydrogens is 516 g/mol. The minimum Gasteiger partial charge on any atom is -0.390 e. The summed E-state index contributed by atoms with van der Waals surface area (Å²) < 4.78 is 0. The van der Waals surface area contributed by atoms with E-state index in [2.05, 4.69) is 17.1 Å². The highest BCUT2D eigenvalue weighted by molar-refractivity contribution is 6.00. The Bertz CT molecular complexity index is 1080. The van der Waals surface area contributed by atoms with Crippen molar-refractivity contribution in [2.75, 3.05) is 32.7 Å². The fourth-order valence-corrected chi connectivity index (χ4v) is 7.96. The van der Waals surface area contributed by atoms with E-state index in [9.17, 15) is 19.5 Å². The molecule has 4 aliphatic rings. The summed E-state index contributed by atoms with van der Waals surface area (Å²) in [6.45, 7) is 9.67. The summed E-state index contributed by atoms with van der Waals surface area (Å²) in [5.74, 6) is 0.0320. The normalized spacial score (nSPS) is 25.4. The lowest BCUT2D eigenvalue weighted by molar-refractivity contribution is -0.166. The highest BCUT2D eigenvalue weighted by atomic mass is 16.3. The number of piperazine rings is 1. The SMILES string of the molecule is CCCCN1C(=O)C(C(O)C2CCCCC2)NC(=O)C12CCN(C1CCN(C(=O)c3c(C)cccc3C)CC1)CC2. The second-order valence-corrected chi connectivity index (χ2v) is 13.0. The van der Waals surface area contributed by atoms with Crippen LogP contribution in [-0.2, 0) is 9.59 Å². The molecule has 0 radical (unpaired) electrons. The third-order valence-electron chi connectivity index (χ3n) is 10.6. The van der Waals surface area contributed by atoms with Crippen LogP contribution in [0.3, 0.4) is 0 Å². The number of carbonyl (C=O) groups is 3. The van der Waals surface area contributed by atoms with Crippen molar-refractivity contribution in [3.63, 3.8) is 0 Å². The van der Waals surface area contributed by atoms with Gasteiger partial charge in [0, 0.05) is 44.3 Å². The number of hydrogen-bond donors (Lipinski definition) is 2. The number of aliphatic hydroxyl groups is 1. The predicted octanol–water partition coefficient (Wildman–Crippen LogP) is 3.81. The van der Waals surface area contributed by atoms with Crippen molar-refractivity contribution in [3.8, 4) is 0 Å². The van der Waals surface area contributed by atoms with Gasteiger partial charge in [-0.15, -0.1) is 0 Å². The second kappa shape index (κ2) is 12.8. The van der Waals surface area contributed by atoms with Crippen LogP contribution in [0.2, 0.25) is 0 Å². The van der Waals surface area contributed by atoms with E-state index in [1.165, 1.54) is 6.42 Å². The number of unbranched alkanes of at least 4 members (excludes halogenated alkanes) is 1. The van der Waals surface area contributed by atoms with Crippen LogP contribution < -0.4 is 5.32 Å². The van der Waals surface area contributed by atoms with Crippen molar-refractivity contribution in [3.05, 3.63) is 34.9 Å². The number of likely N-dealkylation sites (tertiary alicyclic amines) is 2. The first-order valence-electron chi connectivity index (χ1n) is 16.2. The van der Waals surface area contributed by atoms with Gasteiger partial charge in [0.15, 0.2) is 0 Å². The standard InChI is InChI=1S/C33H50N4O4/c1-4-5-18-37-31(40)28(29(38)25-12-7-6-8-13-25)34-32(41)33(37)16-21-35(22-17-33)26-14-19-36(20-15-26)30(39)27-23(2)10-9-11-24(27)3/h9-11,25-26,28-29,38H,4-8,12-22H2,1-3H3,(H,34,41). The summed E-state index contributed by atoms with van der Waals surface area (Å²) in [6, 6.07) is 5.56. The van der Waals surface area contributed by atoms with Crippen LogP contribution in [0.4, 0.5) is 0 Å². The molecule has 1 aliphatic carbocycles. The third-order valence-corrected chi connectivity index (χ3v) is 10.6. The summed E-state index contributed by atoms with van der Waals surface area (Å²) in [4.78, 5) is 47.3. The molecule has 2 N–H and O–H groups in total. The highest BCUT2D eigenvalue weighted by Crippen LogP contribution is 2.37. The first-order chi connectivity index (χ1) is 19.8. The van der Waals surface area contributed by atoms with Crippen LogP contribution in [0.15, 0.2) is 18.2 Å². The molecule has 5 rings (SSSR count). The van der Waals surface area contributed by atoms with E-state index in [0.29, 0.717) is 25.4 Å². The van der Waals surface area contributed by atoms with Gasteiger partial charge in [-0.2, -0.15) is 0 Å². The molecule has 2 unspecified atom stereocenters. The summed E-state index contributed by atoms with van der Waals surface area (Å²) >= 11 is 0. The molecule has 0 aromatic heterocycles. The molecule has 3 amide bonds. The molecule has 1 saturated carbocycles. The van der Waals surface area contributed by atoms with Gasteiger partial charge >= 0.3 is 0 Å². The highest BCUT2D eigenvalue weighted by Gasteiger charge is 2.55. The maximum Gasteiger partial charge on any atom is 0.254 e. The predicted molar refractivity (Wildman–Crippen MR) is 160 cm³/mol. The van der Waals surface area contributed by atoms with Gasteiger partial charge in [-0.3, -0.25) is 14.4 Å². The number of aliphatic hydroxyl groups excluding tert-OH is 1. The Morgan fingerprint density at radius 3 is 2.24 bits per heavy atom. The molecule has 41 heavy (non-hydrogen) atoms. The smallest absolute Gasteiger partial charge is 0.254 e. The maximum absolute atomic E-state index is 13.9. The van der Waals surface area contributed by atoms with Crippen LogP contribution in [0, 0.1) is 19.8 Å². The van der Waals surface area contributed by atoms with E-state index in [4.69, 9.17) is 0 Å². The summed E-state index contributed by atoms with van der Waals surface area (Å²) in [5, 5.41) is 14.2. The molecule has 0 bridgehead atoms. The largest absolute Gasteiger partial charge is 0.390 e. The van der Waals surface area contributed by atoms with Crippen molar-refractivity contribution in [2.24, 2.45) is 5.92 Å². The lowest BCUT2D eigenvalue weighted by Gasteiger charge is -2.54. The number of piperidine rings is 2. The molecule has 3 aliphatic heterocycles. The molecule has 2 atom stereocenters. The Morgan fingerprint density at radius 2 is 1.63 bits per heavy atom. The Labute approximate surface area is 245 Å². The Hall–Kier alpha value is -2.45. The fourth-order valence-electron chi connectivity index (χ4n) is 7.96. The second-order valence-electron chi connectivity index (χ2n) is 13.0. The number of hydrogen-bond acceptors (Lipinski definition) is 5. The van der Waals surface area contributed by atoms with Crippen LogP contribution in [0.25, 0.3) is 0 Å². The molecule has 3 heterocycles. The number of nitrogens with zero attached hydrogens (tertiary/aromatic N) is 3. The Morgan fingerprint density at radius 1 is 1.00 bits per heavy atom. The molecular formula is C33H50N4O4. The van der Waals surface area contributed by atoms with E-state index >= 15 is 0 Å². The number of rotatable bonds is 7. The average Bonchev–Trinajstić information content (AvgIpc) is 2.99. The number of carbonyl (C=O) groups excluding carboxylic acids is 3. The minimum atomic E-state index is -0.829. The zero-order valence-electron chi connectivity index (χ0n) is 25.4. The first-order valence-corrected chi connectivity index (χ1v) is 16.2. The van der Waals surface area contributed by atoms with Gasteiger partial charge in [0.2, 0.25) is 11.8 Å².